The Hall–Kier alpha value is -1.51. The Bertz CT molecular complexity index is 501. The zero-order valence-electron chi connectivity index (χ0n) is 14.2. The molecule has 23 heavy (non-hydrogen) atoms. The lowest BCUT2D eigenvalue weighted by molar-refractivity contribution is -0.122. The van der Waals surface area contributed by atoms with Gasteiger partial charge in [-0.05, 0) is 48.8 Å². The maximum absolute atomic E-state index is 12.4. The average Bonchev–Trinajstić information content (AvgIpc) is 3.44. The summed E-state index contributed by atoms with van der Waals surface area (Å²) in [7, 11) is 1.68. The molecule has 2 aliphatic rings. The van der Waals surface area contributed by atoms with Gasteiger partial charge in [0, 0.05) is 6.42 Å². The Morgan fingerprint density at radius 3 is 2.43 bits per heavy atom. The minimum absolute atomic E-state index is 0.180. The predicted octanol–water partition coefficient (Wildman–Crippen LogP) is 4.62. The monoisotopic (exact) mass is 315 g/mol. The van der Waals surface area contributed by atoms with E-state index in [4.69, 9.17) is 4.74 Å². The van der Waals surface area contributed by atoms with Crippen LogP contribution >= 0.6 is 0 Å². The van der Waals surface area contributed by atoms with Crippen LogP contribution in [0.3, 0.4) is 0 Å². The number of benzene rings is 1. The highest BCUT2D eigenvalue weighted by Gasteiger charge is 2.33. The minimum atomic E-state index is 0.180. The van der Waals surface area contributed by atoms with E-state index in [9.17, 15) is 4.79 Å². The number of rotatable bonds is 7. The number of amides is 1. The molecule has 2 fully saturated rings. The molecule has 126 valence electrons. The van der Waals surface area contributed by atoms with Crippen LogP contribution in [-0.2, 0) is 4.79 Å². The molecule has 0 aliphatic heterocycles. The van der Waals surface area contributed by atoms with Gasteiger partial charge in [-0.2, -0.15) is 0 Å². The van der Waals surface area contributed by atoms with Crippen molar-refractivity contribution in [1.29, 1.82) is 0 Å². The molecule has 3 heteroatoms. The van der Waals surface area contributed by atoms with Crippen molar-refractivity contribution in [2.45, 2.75) is 63.8 Å². The molecule has 3 nitrogen and oxygen atoms in total. The van der Waals surface area contributed by atoms with Crippen LogP contribution in [0.4, 0.5) is 0 Å². The summed E-state index contributed by atoms with van der Waals surface area (Å²) in [6.45, 7) is 0. The van der Waals surface area contributed by atoms with Gasteiger partial charge in [0.05, 0.1) is 13.2 Å². The third kappa shape index (κ3) is 4.73. The number of nitrogens with one attached hydrogen (secondary N) is 1. The van der Waals surface area contributed by atoms with Crippen LogP contribution in [0.15, 0.2) is 24.3 Å². The fraction of sp³-hybridized carbons (Fsp3) is 0.650. The second kappa shape index (κ2) is 7.85. The number of hydrogen-bond donors (Lipinski definition) is 1. The zero-order valence-corrected chi connectivity index (χ0v) is 14.2. The van der Waals surface area contributed by atoms with Crippen LogP contribution in [-0.4, -0.2) is 13.0 Å². The van der Waals surface area contributed by atoms with Gasteiger partial charge in [0.2, 0.25) is 5.91 Å². The van der Waals surface area contributed by atoms with Crippen molar-refractivity contribution in [2.24, 2.45) is 11.8 Å². The molecule has 2 aliphatic carbocycles. The maximum Gasteiger partial charge on any atom is 0.220 e. The van der Waals surface area contributed by atoms with Crippen LogP contribution in [0, 0.1) is 11.8 Å². The first-order valence-electron chi connectivity index (χ1n) is 9.19. The first-order chi connectivity index (χ1) is 11.3. The number of carbonyl (C=O) groups is 1. The summed E-state index contributed by atoms with van der Waals surface area (Å²) in [5, 5.41) is 3.29. The van der Waals surface area contributed by atoms with Crippen LogP contribution in [0.5, 0.6) is 5.75 Å². The molecular formula is C20H29NO2. The molecule has 1 unspecified atom stereocenters. The summed E-state index contributed by atoms with van der Waals surface area (Å²) >= 11 is 0. The standard InChI is InChI=1S/C20H29NO2/c1-23-18-12-10-17(11-13-18)20(16-8-9-16)21-19(22)14-7-15-5-3-2-4-6-15/h10-13,15-16,20H,2-9,14H2,1H3,(H,21,22). The van der Waals surface area contributed by atoms with Gasteiger partial charge < -0.3 is 10.1 Å². The van der Waals surface area contributed by atoms with E-state index >= 15 is 0 Å². The Balaban J connectivity index is 1.52. The molecule has 1 amide bonds. The van der Waals surface area contributed by atoms with E-state index in [-0.39, 0.29) is 11.9 Å². The second-order valence-electron chi connectivity index (χ2n) is 7.20. The summed E-state index contributed by atoms with van der Waals surface area (Å²) in [4.78, 5) is 12.4. The van der Waals surface area contributed by atoms with Gasteiger partial charge in [-0.15, -0.1) is 0 Å². The molecule has 0 heterocycles. The van der Waals surface area contributed by atoms with Crippen LogP contribution < -0.4 is 10.1 Å². The Morgan fingerprint density at radius 1 is 1.13 bits per heavy atom. The van der Waals surface area contributed by atoms with E-state index in [1.54, 1.807) is 7.11 Å². The fourth-order valence-electron chi connectivity index (χ4n) is 3.77. The maximum atomic E-state index is 12.4. The van der Waals surface area contributed by atoms with Gasteiger partial charge in [-0.25, -0.2) is 0 Å². The van der Waals surface area contributed by atoms with Crippen molar-refractivity contribution in [1.82, 2.24) is 5.32 Å². The van der Waals surface area contributed by atoms with Crippen molar-refractivity contribution in [3.63, 3.8) is 0 Å². The second-order valence-corrected chi connectivity index (χ2v) is 7.20. The molecular weight excluding hydrogens is 286 g/mol. The van der Waals surface area contributed by atoms with E-state index in [1.165, 1.54) is 50.5 Å². The highest BCUT2D eigenvalue weighted by molar-refractivity contribution is 5.76. The third-order valence-electron chi connectivity index (χ3n) is 5.39. The molecule has 1 aromatic rings. The van der Waals surface area contributed by atoms with Crippen LogP contribution in [0.1, 0.15) is 69.4 Å². The lowest BCUT2D eigenvalue weighted by Gasteiger charge is -2.23. The SMILES string of the molecule is COc1ccc(C(NC(=O)CCC2CCCCC2)C2CC2)cc1. The third-order valence-corrected chi connectivity index (χ3v) is 5.39. The molecule has 1 aromatic carbocycles. The van der Waals surface area contributed by atoms with E-state index < -0.39 is 0 Å². The molecule has 3 rings (SSSR count). The quantitative estimate of drug-likeness (QED) is 0.797. The summed E-state index contributed by atoms with van der Waals surface area (Å²) < 4.78 is 5.22. The summed E-state index contributed by atoms with van der Waals surface area (Å²) in [5.74, 6) is 2.48. The van der Waals surface area contributed by atoms with Crippen molar-refractivity contribution in [3.05, 3.63) is 29.8 Å². The van der Waals surface area contributed by atoms with Crippen LogP contribution in [0.2, 0.25) is 0 Å². The van der Waals surface area contributed by atoms with Gasteiger partial charge >= 0.3 is 0 Å². The van der Waals surface area contributed by atoms with E-state index in [2.05, 4.69) is 17.4 Å². The molecule has 0 radical (unpaired) electrons. The molecule has 0 saturated heterocycles. The number of ether oxygens (including phenoxy) is 1. The lowest BCUT2D eigenvalue weighted by atomic mass is 9.86. The highest BCUT2D eigenvalue weighted by Crippen LogP contribution is 2.41. The van der Waals surface area contributed by atoms with Crippen molar-refractivity contribution >= 4 is 5.91 Å². The topological polar surface area (TPSA) is 38.3 Å². The minimum Gasteiger partial charge on any atom is -0.497 e. The molecule has 1 atom stereocenters. The Labute approximate surface area is 139 Å². The predicted molar refractivity (Wildman–Crippen MR) is 92.4 cm³/mol. The largest absolute Gasteiger partial charge is 0.497 e. The van der Waals surface area contributed by atoms with E-state index in [1.807, 2.05) is 12.1 Å². The number of hydrogen-bond acceptors (Lipinski definition) is 2. The molecule has 2 saturated carbocycles. The van der Waals surface area contributed by atoms with Crippen molar-refractivity contribution < 1.29 is 9.53 Å². The molecule has 1 N–H and O–H groups in total. The molecule has 0 aromatic heterocycles. The summed E-state index contributed by atoms with van der Waals surface area (Å²) in [5.41, 5.74) is 1.21. The molecule has 0 spiro atoms. The Kier molecular flexibility index (Phi) is 5.58. The number of carbonyl (C=O) groups excluding carboxylic acids is 1. The van der Waals surface area contributed by atoms with Gasteiger partial charge in [0.25, 0.3) is 0 Å². The van der Waals surface area contributed by atoms with Crippen molar-refractivity contribution in [3.8, 4) is 5.75 Å². The summed E-state index contributed by atoms with van der Waals surface area (Å²) in [6, 6.07) is 8.32. The van der Waals surface area contributed by atoms with E-state index in [0.717, 1.165) is 18.1 Å². The summed E-state index contributed by atoms with van der Waals surface area (Å²) in [6.07, 6.45) is 10.9. The van der Waals surface area contributed by atoms with Gasteiger partial charge in [-0.1, -0.05) is 44.2 Å². The first kappa shape index (κ1) is 16.4. The van der Waals surface area contributed by atoms with Gasteiger partial charge in [-0.3, -0.25) is 4.79 Å². The van der Waals surface area contributed by atoms with Gasteiger partial charge in [0.1, 0.15) is 5.75 Å². The normalized spacial score (nSPS) is 20.0. The smallest absolute Gasteiger partial charge is 0.220 e. The van der Waals surface area contributed by atoms with Crippen molar-refractivity contribution in [2.75, 3.05) is 7.11 Å². The highest BCUT2D eigenvalue weighted by atomic mass is 16.5. The number of methoxy groups -OCH3 is 1. The first-order valence-corrected chi connectivity index (χ1v) is 9.19. The average molecular weight is 315 g/mol. The van der Waals surface area contributed by atoms with Gasteiger partial charge in [0.15, 0.2) is 0 Å². The van der Waals surface area contributed by atoms with E-state index in [0.29, 0.717) is 12.3 Å². The van der Waals surface area contributed by atoms with Crippen LogP contribution in [0.25, 0.3) is 0 Å². The lowest BCUT2D eigenvalue weighted by Crippen LogP contribution is -2.30. The fourth-order valence-corrected chi connectivity index (χ4v) is 3.77. The molecule has 0 bridgehead atoms. The zero-order chi connectivity index (χ0) is 16.1. The Morgan fingerprint density at radius 2 is 1.83 bits per heavy atom.